The van der Waals surface area contributed by atoms with Crippen LogP contribution in [0, 0.1) is 5.92 Å². The molecule has 3 unspecified atom stereocenters. The van der Waals surface area contributed by atoms with Crippen molar-refractivity contribution >= 4 is 0 Å². The highest BCUT2D eigenvalue weighted by Crippen LogP contribution is 2.21. The van der Waals surface area contributed by atoms with Crippen molar-refractivity contribution in [1.29, 1.82) is 0 Å². The smallest absolute Gasteiger partial charge is 0.0635 e. The lowest BCUT2D eigenvalue weighted by Crippen LogP contribution is -2.56. The summed E-state index contributed by atoms with van der Waals surface area (Å²) >= 11 is 0. The monoisotopic (exact) mass is 213 g/mol. The second kappa shape index (κ2) is 5.25. The van der Waals surface area contributed by atoms with Crippen LogP contribution >= 0.6 is 0 Å². The minimum absolute atomic E-state index is 0.486. The van der Waals surface area contributed by atoms with Gasteiger partial charge in [0.25, 0.3) is 0 Å². The zero-order chi connectivity index (χ0) is 10.7. The van der Waals surface area contributed by atoms with Crippen molar-refractivity contribution in [2.45, 2.75) is 18.5 Å². The number of likely N-dealkylation sites (tertiary alicyclic amines) is 1. The molecule has 2 aliphatic rings. The second-order valence-electron chi connectivity index (χ2n) is 4.76. The quantitative estimate of drug-likeness (QED) is 0.663. The molecule has 2 saturated heterocycles. The number of ether oxygens (including phenoxy) is 1. The van der Waals surface area contributed by atoms with Crippen LogP contribution in [0.2, 0.25) is 0 Å². The van der Waals surface area contributed by atoms with Crippen molar-refractivity contribution < 1.29 is 4.74 Å². The molecule has 0 aromatic heterocycles. The molecule has 2 rings (SSSR count). The molecule has 88 valence electrons. The van der Waals surface area contributed by atoms with Crippen LogP contribution in [0.5, 0.6) is 0 Å². The average molecular weight is 213 g/mol. The molecule has 0 spiro atoms. The summed E-state index contributed by atoms with van der Waals surface area (Å²) in [5.41, 5.74) is 0. The Hall–Kier alpha value is -0.160. The zero-order valence-corrected chi connectivity index (χ0v) is 9.83. The normalized spacial score (nSPS) is 35.6. The van der Waals surface area contributed by atoms with Crippen molar-refractivity contribution in [3.63, 3.8) is 0 Å². The van der Waals surface area contributed by atoms with Crippen molar-refractivity contribution in [3.8, 4) is 0 Å². The Balaban J connectivity index is 1.90. The van der Waals surface area contributed by atoms with Gasteiger partial charge in [0.05, 0.1) is 13.2 Å². The first-order chi connectivity index (χ1) is 7.31. The summed E-state index contributed by atoms with van der Waals surface area (Å²) in [4.78, 5) is 2.42. The molecule has 0 amide bonds. The van der Waals surface area contributed by atoms with Crippen LogP contribution < -0.4 is 10.6 Å². The molecule has 2 fully saturated rings. The van der Waals surface area contributed by atoms with Crippen LogP contribution in [0.1, 0.15) is 6.42 Å². The average Bonchev–Trinajstić information content (AvgIpc) is 2.68. The number of morpholine rings is 1. The molecule has 4 heteroatoms. The second-order valence-corrected chi connectivity index (χ2v) is 4.76. The number of rotatable bonds is 3. The number of likely N-dealkylation sites (N-methyl/N-ethyl adjacent to an activating group) is 1. The van der Waals surface area contributed by atoms with Gasteiger partial charge in [-0.15, -0.1) is 0 Å². The van der Waals surface area contributed by atoms with Gasteiger partial charge in [0.1, 0.15) is 0 Å². The molecule has 0 aromatic carbocycles. The Labute approximate surface area is 92.4 Å². The Kier molecular flexibility index (Phi) is 3.97. The molecule has 4 nitrogen and oxygen atoms in total. The van der Waals surface area contributed by atoms with Gasteiger partial charge in [-0.2, -0.15) is 0 Å². The fourth-order valence-corrected chi connectivity index (χ4v) is 2.84. The zero-order valence-electron chi connectivity index (χ0n) is 9.83. The Morgan fingerprint density at radius 2 is 2.40 bits per heavy atom. The van der Waals surface area contributed by atoms with Gasteiger partial charge in [0.15, 0.2) is 0 Å². The van der Waals surface area contributed by atoms with Crippen molar-refractivity contribution in [3.05, 3.63) is 0 Å². The highest BCUT2D eigenvalue weighted by Gasteiger charge is 2.33. The highest BCUT2D eigenvalue weighted by atomic mass is 16.5. The highest BCUT2D eigenvalue weighted by molar-refractivity contribution is 4.92. The fourth-order valence-electron chi connectivity index (χ4n) is 2.84. The summed E-state index contributed by atoms with van der Waals surface area (Å²) in [6.07, 6.45) is 1.31. The minimum atomic E-state index is 0.486. The molecule has 0 aliphatic carbocycles. The van der Waals surface area contributed by atoms with Crippen molar-refractivity contribution in [2.24, 2.45) is 5.92 Å². The first-order valence-electron chi connectivity index (χ1n) is 5.98. The maximum atomic E-state index is 5.54. The first kappa shape index (κ1) is 11.3. The van der Waals surface area contributed by atoms with Crippen LogP contribution in [0.4, 0.5) is 0 Å². The van der Waals surface area contributed by atoms with E-state index in [-0.39, 0.29) is 0 Å². The lowest BCUT2D eigenvalue weighted by Gasteiger charge is -2.34. The van der Waals surface area contributed by atoms with Gasteiger partial charge in [-0.3, -0.25) is 0 Å². The van der Waals surface area contributed by atoms with E-state index in [4.69, 9.17) is 4.74 Å². The maximum absolute atomic E-state index is 5.54. The van der Waals surface area contributed by atoms with Crippen LogP contribution in [0.3, 0.4) is 0 Å². The van der Waals surface area contributed by atoms with Gasteiger partial charge in [-0.25, -0.2) is 0 Å². The van der Waals surface area contributed by atoms with E-state index in [9.17, 15) is 0 Å². The molecule has 2 N–H and O–H groups in total. The molecule has 0 bridgehead atoms. The van der Waals surface area contributed by atoms with Gasteiger partial charge in [0, 0.05) is 25.2 Å². The number of nitrogens with zero attached hydrogens (tertiary/aromatic N) is 1. The van der Waals surface area contributed by atoms with E-state index in [1.54, 1.807) is 0 Å². The van der Waals surface area contributed by atoms with Crippen molar-refractivity contribution in [2.75, 3.05) is 46.9 Å². The molecule has 0 saturated carbocycles. The number of hydrogen-bond acceptors (Lipinski definition) is 4. The summed E-state index contributed by atoms with van der Waals surface area (Å²) < 4.78 is 5.54. The standard InChI is InChI=1S/C11H23N3O/c1-12-11(9-3-5-14(2)7-9)10-8-15-6-4-13-10/h9-13H,3-8H2,1-2H3. The Morgan fingerprint density at radius 3 is 2.93 bits per heavy atom. The van der Waals surface area contributed by atoms with E-state index < -0.39 is 0 Å². The molecule has 0 aromatic rings. The Morgan fingerprint density at radius 1 is 1.53 bits per heavy atom. The summed E-state index contributed by atoms with van der Waals surface area (Å²) in [6, 6.07) is 1.04. The fraction of sp³-hybridized carbons (Fsp3) is 1.00. The lowest BCUT2D eigenvalue weighted by atomic mass is 9.92. The third-order valence-corrected chi connectivity index (χ3v) is 3.65. The van der Waals surface area contributed by atoms with E-state index in [0.717, 1.165) is 25.7 Å². The first-order valence-corrected chi connectivity index (χ1v) is 5.98. The number of hydrogen-bond donors (Lipinski definition) is 2. The van der Waals surface area contributed by atoms with Gasteiger partial charge in [-0.05, 0) is 33.0 Å². The van der Waals surface area contributed by atoms with Crippen LogP contribution in [-0.4, -0.2) is 63.9 Å². The maximum Gasteiger partial charge on any atom is 0.0635 e. The van der Waals surface area contributed by atoms with Crippen LogP contribution in [0.25, 0.3) is 0 Å². The molecular weight excluding hydrogens is 190 g/mol. The van der Waals surface area contributed by atoms with Crippen molar-refractivity contribution in [1.82, 2.24) is 15.5 Å². The number of nitrogens with one attached hydrogen (secondary N) is 2. The SMILES string of the molecule is CNC(C1CCN(C)C1)C1COCCN1. The third kappa shape index (κ3) is 2.69. The predicted molar refractivity (Wildman–Crippen MR) is 61.1 cm³/mol. The van der Waals surface area contributed by atoms with E-state index in [1.807, 2.05) is 0 Å². The molecule has 2 heterocycles. The van der Waals surface area contributed by atoms with Crippen LogP contribution in [-0.2, 0) is 4.74 Å². The Bertz CT molecular complexity index is 190. The molecule has 15 heavy (non-hydrogen) atoms. The summed E-state index contributed by atoms with van der Waals surface area (Å²) in [7, 11) is 4.27. The van der Waals surface area contributed by atoms with Crippen LogP contribution in [0.15, 0.2) is 0 Å². The predicted octanol–water partition coefficient (Wildman–Crippen LogP) is -0.485. The minimum Gasteiger partial charge on any atom is -0.378 e. The van der Waals surface area contributed by atoms with E-state index in [0.29, 0.717) is 12.1 Å². The lowest BCUT2D eigenvalue weighted by molar-refractivity contribution is 0.0561. The topological polar surface area (TPSA) is 36.5 Å². The summed E-state index contributed by atoms with van der Waals surface area (Å²) in [6.45, 7) is 5.15. The van der Waals surface area contributed by atoms with E-state index in [1.165, 1.54) is 19.5 Å². The van der Waals surface area contributed by atoms with Gasteiger partial charge >= 0.3 is 0 Å². The molecular formula is C11H23N3O. The van der Waals surface area contributed by atoms with Gasteiger partial charge in [0.2, 0.25) is 0 Å². The third-order valence-electron chi connectivity index (χ3n) is 3.65. The van der Waals surface area contributed by atoms with E-state index in [2.05, 4.69) is 29.6 Å². The molecule has 0 radical (unpaired) electrons. The summed E-state index contributed by atoms with van der Waals surface area (Å²) in [5.74, 6) is 0.763. The summed E-state index contributed by atoms with van der Waals surface area (Å²) in [5, 5.41) is 7.02. The van der Waals surface area contributed by atoms with Gasteiger partial charge < -0.3 is 20.3 Å². The largest absolute Gasteiger partial charge is 0.378 e. The molecule has 2 aliphatic heterocycles. The van der Waals surface area contributed by atoms with E-state index >= 15 is 0 Å². The molecule has 3 atom stereocenters. The van der Waals surface area contributed by atoms with Gasteiger partial charge in [-0.1, -0.05) is 0 Å².